The first-order valence-electron chi connectivity index (χ1n) is 19.4. The largest absolute Gasteiger partial charge is 0.309 e. The van der Waals surface area contributed by atoms with Crippen LogP contribution in [0.25, 0.3) is 43.8 Å². The number of benzene rings is 9. The number of anilines is 6. The maximum Gasteiger partial charge on any atom is 0.0620 e. The molecule has 56 heavy (non-hydrogen) atoms. The first kappa shape index (κ1) is 34.8. The van der Waals surface area contributed by atoms with Crippen molar-refractivity contribution in [2.75, 3.05) is 9.80 Å². The third-order valence-corrected chi connectivity index (χ3v) is 10.9. The first-order chi connectivity index (χ1) is 27.4. The molecule has 0 radical (unpaired) electrons. The molecule has 0 saturated carbocycles. The van der Waals surface area contributed by atoms with E-state index in [-0.39, 0.29) is 0 Å². The summed E-state index contributed by atoms with van der Waals surface area (Å²) in [5.41, 5.74) is 16.4. The van der Waals surface area contributed by atoms with E-state index in [1.54, 1.807) is 0 Å². The Hall–Kier alpha value is -6.90. The van der Waals surface area contributed by atoms with Gasteiger partial charge in [-0.15, -0.1) is 0 Å². The Balaban J connectivity index is 1.47. The minimum absolute atomic E-state index is 1.11. The molecule has 0 aliphatic rings. The molecule has 0 fully saturated rings. The van der Waals surface area contributed by atoms with Crippen LogP contribution in [0.2, 0.25) is 0 Å². The van der Waals surface area contributed by atoms with Crippen LogP contribution in [0, 0.1) is 27.7 Å². The van der Waals surface area contributed by atoms with Gasteiger partial charge in [-0.25, -0.2) is 0 Å². The van der Waals surface area contributed by atoms with Gasteiger partial charge in [0.15, 0.2) is 0 Å². The van der Waals surface area contributed by atoms with Gasteiger partial charge in [0.1, 0.15) is 0 Å². The normalized spacial score (nSPS) is 11.2. The van der Waals surface area contributed by atoms with Crippen LogP contribution in [-0.4, -0.2) is 0 Å². The van der Waals surface area contributed by atoms with Crippen molar-refractivity contribution in [1.29, 1.82) is 0 Å². The molecule has 0 unspecified atom stereocenters. The summed E-state index contributed by atoms with van der Waals surface area (Å²) < 4.78 is 0. The van der Waals surface area contributed by atoms with Crippen LogP contribution < -0.4 is 9.80 Å². The summed E-state index contributed by atoms with van der Waals surface area (Å²) in [5.74, 6) is 0. The van der Waals surface area contributed by atoms with Gasteiger partial charge in [-0.1, -0.05) is 156 Å². The minimum atomic E-state index is 1.11. The molecule has 270 valence electrons. The molecule has 0 atom stereocenters. The van der Waals surface area contributed by atoms with Crippen molar-refractivity contribution in [3.63, 3.8) is 0 Å². The maximum atomic E-state index is 2.46. The van der Waals surface area contributed by atoms with Gasteiger partial charge in [-0.2, -0.15) is 0 Å². The fraction of sp³-hybridized carbons (Fsp3) is 0.0741. The molecule has 0 bridgehead atoms. The fourth-order valence-corrected chi connectivity index (χ4v) is 7.88. The van der Waals surface area contributed by atoms with Crippen LogP contribution in [0.1, 0.15) is 22.3 Å². The first-order valence-corrected chi connectivity index (χ1v) is 19.4. The van der Waals surface area contributed by atoms with Crippen molar-refractivity contribution in [3.05, 3.63) is 216 Å². The van der Waals surface area contributed by atoms with E-state index >= 15 is 0 Å². The van der Waals surface area contributed by atoms with Gasteiger partial charge >= 0.3 is 0 Å². The van der Waals surface area contributed by atoms with Crippen LogP contribution in [0.15, 0.2) is 194 Å². The summed E-state index contributed by atoms with van der Waals surface area (Å²) in [5, 5.41) is 4.68. The van der Waals surface area contributed by atoms with Gasteiger partial charge in [0.2, 0.25) is 0 Å². The van der Waals surface area contributed by atoms with Crippen LogP contribution in [0.4, 0.5) is 34.1 Å². The van der Waals surface area contributed by atoms with E-state index in [4.69, 9.17) is 0 Å². The Kier molecular flexibility index (Phi) is 9.17. The second-order valence-corrected chi connectivity index (χ2v) is 15.0. The van der Waals surface area contributed by atoms with E-state index in [9.17, 15) is 0 Å². The van der Waals surface area contributed by atoms with Crippen molar-refractivity contribution in [3.8, 4) is 22.3 Å². The maximum absolute atomic E-state index is 2.46. The van der Waals surface area contributed by atoms with Crippen LogP contribution in [0.5, 0.6) is 0 Å². The lowest BCUT2D eigenvalue weighted by Gasteiger charge is -2.33. The van der Waals surface area contributed by atoms with Crippen LogP contribution in [0.3, 0.4) is 0 Å². The molecule has 0 spiro atoms. The highest BCUT2D eigenvalue weighted by Crippen LogP contribution is 2.52. The third-order valence-electron chi connectivity index (χ3n) is 10.9. The molecule has 0 aliphatic carbocycles. The monoisotopic (exact) mass is 720 g/mol. The SMILES string of the molecule is Cc1ccc(N(c2ccc(C)cc2)c2c3ccc(-c4ccccc4)cc3c(N(c3ccc(C)cc3)c3ccc(C)cc3)c3ccc(-c4ccccc4)cc23)cc1. The number of fused-ring (bicyclic) bond motifs is 2. The van der Waals surface area contributed by atoms with Gasteiger partial charge in [0, 0.05) is 44.3 Å². The molecule has 9 aromatic rings. The molecule has 0 amide bonds. The second-order valence-electron chi connectivity index (χ2n) is 15.0. The molecule has 0 aliphatic heterocycles. The smallest absolute Gasteiger partial charge is 0.0620 e. The van der Waals surface area contributed by atoms with Crippen molar-refractivity contribution < 1.29 is 0 Å². The summed E-state index contributed by atoms with van der Waals surface area (Å²) >= 11 is 0. The van der Waals surface area contributed by atoms with Gasteiger partial charge in [-0.3, -0.25) is 0 Å². The second kappa shape index (κ2) is 14.7. The molecular formula is C54H44N2. The molecule has 0 N–H and O–H groups in total. The van der Waals surface area contributed by atoms with Crippen LogP contribution in [-0.2, 0) is 0 Å². The molecule has 2 nitrogen and oxygen atoms in total. The summed E-state index contributed by atoms with van der Waals surface area (Å²) in [6.07, 6.45) is 0. The van der Waals surface area contributed by atoms with Gasteiger partial charge < -0.3 is 9.80 Å². The third kappa shape index (κ3) is 6.61. The van der Waals surface area contributed by atoms with E-state index in [1.807, 2.05) is 0 Å². The Labute approximate surface area is 330 Å². The van der Waals surface area contributed by atoms with Crippen LogP contribution >= 0.6 is 0 Å². The zero-order valence-corrected chi connectivity index (χ0v) is 32.4. The minimum Gasteiger partial charge on any atom is -0.309 e. The standard InChI is InChI=1S/C54H44N2/c1-37-15-25-45(26-16-37)55(46-27-17-38(2)18-28-46)53-49-33-23-44(42-13-9-6-10-14-42)36-52(49)54(50-34-24-43(35-51(50)53)41-11-7-5-8-12-41)56(47-29-19-39(3)20-30-47)48-31-21-40(4)22-32-48/h5-36H,1-4H3. The van der Waals surface area contributed by atoms with Gasteiger partial charge in [-0.05, 0) is 111 Å². The Morgan fingerprint density at radius 3 is 0.821 bits per heavy atom. The number of nitrogens with zero attached hydrogens (tertiary/aromatic N) is 2. The average molecular weight is 721 g/mol. The van der Waals surface area contributed by atoms with E-state index in [0.29, 0.717) is 0 Å². The summed E-state index contributed by atoms with van der Waals surface area (Å²) in [6.45, 7) is 8.62. The van der Waals surface area contributed by atoms with E-state index < -0.39 is 0 Å². The van der Waals surface area contributed by atoms with Gasteiger partial charge in [0.25, 0.3) is 0 Å². The van der Waals surface area contributed by atoms with Crippen molar-refractivity contribution >= 4 is 55.7 Å². The Morgan fingerprint density at radius 1 is 0.250 bits per heavy atom. The lowest BCUT2D eigenvalue weighted by molar-refractivity contribution is 1.28. The van der Waals surface area contributed by atoms with Crippen molar-refractivity contribution in [2.45, 2.75) is 27.7 Å². The zero-order valence-electron chi connectivity index (χ0n) is 32.4. The molecular weight excluding hydrogens is 677 g/mol. The lowest BCUT2D eigenvalue weighted by Crippen LogP contribution is -2.15. The average Bonchev–Trinajstić information content (AvgIpc) is 3.24. The molecule has 9 rings (SSSR count). The highest BCUT2D eigenvalue weighted by Gasteiger charge is 2.26. The topological polar surface area (TPSA) is 6.48 Å². The summed E-state index contributed by atoms with van der Waals surface area (Å²) in [4.78, 5) is 4.93. The molecule has 0 aromatic heterocycles. The lowest BCUT2D eigenvalue weighted by atomic mass is 9.91. The quantitative estimate of drug-likeness (QED) is 0.114. The number of hydrogen-bond acceptors (Lipinski definition) is 2. The van der Waals surface area contributed by atoms with Crippen molar-refractivity contribution in [2.24, 2.45) is 0 Å². The van der Waals surface area contributed by atoms with E-state index in [1.165, 1.54) is 66.1 Å². The van der Waals surface area contributed by atoms with E-state index in [2.05, 4.69) is 232 Å². The zero-order chi connectivity index (χ0) is 38.2. The predicted molar refractivity (Wildman–Crippen MR) is 241 cm³/mol. The van der Waals surface area contributed by atoms with Gasteiger partial charge in [0.05, 0.1) is 11.4 Å². The summed E-state index contributed by atoms with van der Waals surface area (Å²) in [7, 11) is 0. The Morgan fingerprint density at radius 2 is 0.536 bits per heavy atom. The number of aryl methyl sites for hydroxylation is 4. The number of hydrogen-bond donors (Lipinski definition) is 0. The van der Waals surface area contributed by atoms with Crippen molar-refractivity contribution in [1.82, 2.24) is 0 Å². The van der Waals surface area contributed by atoms with E-state index in [0.717, 1.165) is 34.1 Å². The summed E-state index contributed by atoms with van der Waals surface area (Å²) in [6, 6.07) is 71.4. The Bertz CT molecular complexity index is 2500. The molecule has 2 heteroatoms. The molecule has 0 heterocycles. The highest BCUT2D eigenvalue weighted by atomic mass is 15.2. The number of rotatable bonds is 8. The molecule has 0 saturated heterocycles. The predicted octanol–water partition coefficient (Wildman–Crippen LogP) is 15.5. The fourth-order valence-electron chi connectivity index (χ4n) is 7.88. The highest BCUT2D eigenvalue weighted by molar-refractivity contribution is 6.24. The molecule has 9 aromatic carbocycles.